The molecular weight excluding hydrogens is 364 g/mol. The van der Waals surface area contributed by atoms with E-state index in [-0.39, 0.29) is 23.1 Å². The van der Waals surface area contributed by atoms with Crippen molar-refractivity contribution in [3.63, 3.8) is 0 Å². The molecule has 2 aromatic rings. The number of carboxylic acid groups (broad SMARTS) is 1. The number of nitro benzene ring substituents is 1. The molecule has 28 heavy (non-hydrogen) atoms. The van der Waals surface area contributed by atoms with Crippen LogP contribution in [0.3, 0.4) is 0 Å². The first-order valence-electron chi connectivity index (χ1n) is 8.93. The predicted octanol–water partition coefficient (Wildman–Crippen LogP) is 3.19. The summed E-state index contributed by atoms with van der Waals surface area (Å²) in [5, 5.41) is 22.9. The minimum Gasteiger partial charge on any atom is -0.478 e. The number of ether oxygens (including phenoxy) is 1. The standard InChI is InChI=1S/C20H20N2O6/c23-19(15-9-16(20(24)25)11-17(10-15)22(26)27)21-12-14-7-4-8-28-18(14)13-5-2-1-3-6-13/h1-3,5-6,9-11,14,18H,4,7-8,12H2,(H,21,23)(H,24,25). The van der Waals surface area contributed by atoms with Crippen LogP contribution >= 0.6 is 0 Å². The molecule has 2 N–H and O–H groups in total. The number of nitrogens with one attached hydrogen (secondary N) is 1. The number of carbonyl (C=O) groups excluding carboxylic acids is 1. The summed E-state index contributed by atoms with van der Waals surface area (Å²) < 4.78 is 5.90. The number of hydrogen-bond acceptors (Lipinski definition) is 5. The van der Waals surface area contributed by atoms with E-state index in [0.717, 1.165) is 36.6 Å². The van der Waals surface area contributed by atoms with Gasteiger partial charge in [-0.15, -0.1) is 0 Å². The Morgan fingerprint density at radius 2 is 1.89 bits per heavy atom. The number of nitro groups is 1. The van der Waals surface area contributed by atoms with Crippen molar-refractivity contribution in [1.29, 1.82) is 0 Å². The second-order valence-corrected chi connectivity index (χ2v) is 6.65. The zero-order valence-corrected chi connectivity index (χ0v) is 15.0. The fraction of sp³-hybridized carbons (Fsp3) is 0.300. The summed E-state index contributed by atoms with van der Waals surface area (Å²) in [7, 11) is 0. The van der Waals surface area contributed by atoms with Crippen molar-refractivity contribution in [2.75, 3.05) is 13.2 Å². The highest BCUT2D eigenvalue weighted by atomic mass is 16.6. The Balaban J connectivity index is 1.74. The predicted molar refractivity (Wildman–Crippen MR) is 100 cm³/mol. The number of hydrogen-bond donors (Lipinski definition) is 2. The van der Waals surface area contributed by atoms with Crippen molar-refractivity contribution >= 4 is 17.6 Å². The molecule has 1 heterocycles. The molecule has 3 rings (SSSR count). The highest BCUT2D eigenvalue weighted by molar-refractivity contribution is 5.98. The van der Waals surface area contributed by atoms with Gasteiger partial charge in [0.15, 0.2) is 0 Å². The Kier molecular flexibility index (Phi) is 6.00. The number of amides is 1. The van der Waals surface area contributed by atoms with Gasteiger partial charge in [0.2, 0.25) is 0 Å². The van der Waals surface area contributed by atoms with Gasteiger partial charge in [-0.25, -0.2) is 4.79 Å². The largest absolute Gasteiger partial charge is 0.478 e. The SMILES string of the molecule is O=C(O)c1cc(C(=O)NCC2CCCOC2c2ccccc2)cc([N+](=O)[O-])c1. The molecule has 0 saturated carbocycles. The Hall–Kier alpha value is -3.26. The molecule has 0 bridgehead atoms. The van der Waals surface area contributed by atoms with Crippen molar-refractivity contribution in [2.45, 2.75) is 18.9 Å². The molecule has 2 unspecified atom stereocenters. The van der Waals surface area contributed by atoms with Crippen LogP contribution in [0.1, 0.15) is 45.2 Å². The Morgan fingerprint density at radius 1 is 1.18 bits per heavy atom. The number of non-ortho nitro benzene ring substituents is 1. The molecule has 1 fully saturated rings. The molecule has 1 amide bonds. The molecular formula is C20H20N2O6. The van der Waals surface area contributed by atoms with Crippen molar-refractivity contribution in [1.82, 2.24) is 5.32 Å². The van der Waals surface area contributed by atoms with Gasteiger partial charge >= 0.3 is 5.97 Å². The van der Waals surface area contributed by atoms with E-state index in [4.69, 9.17) is 9.84 Å². The number of carboxylic acids is 1. The van der Waals surface area contributed by atoms with Crippen molar-refractivity contribution in [2.24, 2.45) is 5.92 Å². The molecule has 1 aliphatic heterocycles. The van der Waals surface area contributed by atoms with Gasteiger partial charge in [-0.3, -0.25) is 14.9 Å². The fourth-order valence-corrected chi connectivity index (χ4v) is 3.36. The molecule has 8 nitrogen and oxygen atoms in total. The van der Waals surface area contributed by atoms with Gasteiger partial charge in [-0.05, 0) is 24.5 Å². The highest BCUT2D eigenvalue weighted by Crippen LogP contribution is 2.33. The maximum absolute atomic E-state index is 12.5. The summed E-state index contributed by atoms with van der Waals surface area (Å²) in [6.07, 6.45) is 1.61. The maximum Gasteiger partial charge on any atom is 0.335 e. The van der Waals surface area contributed by atoms with Crippen molar-refractivity contribution in [3.05, 3.63) is 75.3 Å². The quantitative estimate of drug-likeness (QED) is 0.583. The molecule has 1 saturated heterocycles. The summed E-state index contributed by atoms with van der Waals surface area (Å²) >= 11 is 0. The van der Waals surface area contributed by atoms with Gasteiger partial charge < -0.3 is 15.2 Å². The lowest BCUT2D eigenvalue weighted by Gasteiger charge is -2.32. The van der Waals surface area contributed by atoms with Crippen molar-refractivity contribution < 1.29 is 24.4 Å². The van der Waals surface area contributed by atoms with Crippen LogP contribution in [0.2, 0.25) is 0 Å². The lowest BCUT2D eigenvalue weighted by molar-refractivity contribution is -0.384. The van der Waals surface area contributed by atoms with Gasteiger partial charge in [0.1, 0.15) is 0 Å². The van der Waals surface area contributed by atoms with Crippen LogP contribution in [-0.2, 0) is 4.74 Å². The molecule has 0 radical (unpaired) electrons. The summed E-state index contributed by atoms with van der Waals surface area (Å²) in [5.41, 5.74) is 0.236. The minimum atomic E-state index is -1.33. The highest BCUT2D eigenvalue weighted by Gasteiger charge is 2.28. The van der Waals surface area contributed by atoms with E-state index in [1.54, 1.807) is 0 Å². The number of aromatic carboxylic acids is 1. The molecule has 8 heteroatoms. The number of carbonyl (C=O) groups is 2. The molecule has 0 aromatic heterocycles. The van der Waals surface area contributed by atoms with Crippen LogP contribution < -0.4 is 5.32 Å². The smallest absolute Gasteiger partial charge is 0.335 e. The van der Waals surface area contributed by atoms with E-state index in [9.17, 15) is 19.7 Å². The third-order valence-corrected chi connectivity index (χ3v) is 4.74. The van der Waals surface area contributed by atoms with Crippen LogP contribution in [0.25, 0.3) is 0 Å². The normalized spacial score (nSPS) is 19.0. The Morgan fingerprint density at radius 3 is 2.57 bits per heavy atom. The average Bonchev–Trinajstić information content (AvgIpc) is 2.72. The second kappa shape index (κ2) is 8.62. The van der Waals surface area contributed by atoms with Crippen LogP contribution in [-0.4, -0.2) is 35.1 Å². The van der Waals surface area contributed by atoms with Gasteiger partial charge in [0.25, 0.3) is 11.6 Å². The van der Waals surface area contributed by atoms with Crippen LogP contribution in [0.5, 0.6) is 0 Å². The van der Waals surface area contributed by atoms with E-state index >= 15 is 0 Å². The number of benzene rings is 2. The van der Waals surface area contributed by atoms with E-state index < -0.39 is 22.5 Å². The lowest BCUT2D eigenvalue weighted by atomic mass is 9.89. The van der Waals surface area contributed by atoms with Crippen LogP contribution in [0.4, 0.5) is 5.69 Å². The third-order valence-electron chi connectivity index (χ3n) is 4.74. The van der Waals surface area contributed by atoms with Gasteiger partial charge in [0.05, 0.1) is 16.6 Å². The molecule has 0 aliphatic carbocycles. The zero-order chi connectivity index (χ0) is 20.1. The lowest BCUT2D eigenvalue weighted by Crippen LogP contribution is -2.35. The first-order chi connectivity index (χ1) is 13.5. The first kappa shape index (κ1) is 19.5. The van der Waals surface area contributed by atoms with E-state index in [1.165, 1.54) is 0 Å². The van der Waals surface area contributed by atoms with E-state index in [0.29, 0.717) is 13.2 Å². The maximum atomic E-state index is 12.5. The zero-order valence-electron chi connectivity index (χ0n) is 15.0. The van der Waals surface area contributed by atoms with Gasteiger partial charge in [-0.2, -0.15) is 0 Å². The summed E-state index contributed by atoms with van der Waals surface area (Å²) in [6, 6.07) is 12.9. The van der Waals surface area contributed by atoms with E-state index in [1.807, 2.05) is 30.3 Å². The minimum absolute atomic E-state index is 0.0535. The summed E-state index contributed by atoms with van der Waals surface area (Å²) in [4.78, 5) is 34.0. The summed E-state index contributed by atoms with van der Waals surface area (Å²) in [6.45, 7) is 0.973. The van der Waals surface area contributed by atoms with E-state index in [2.05, 4.69) is 5.32 Å². The molecule has 2 aromatic carbocycles. The number of nitrogens with zero attached hydrogens (tertiary/aromatic N) is 1. The third kappa shape index (κ3) is 4.52. The molecule has 146 valence electrons. The van der Waals surface area contributed by atoms with Crippen LogP contribution in [0, 0.1) is 16.0 Å². The second-order valence-electron chi connectivity index (χ2n) is 6.65. The average molecular weight is 384 g/mol. The van der Waals surface area contributed by atoms with Crippen molar-refractivity contribution in [3.8, 4) is 0 Å². The monoisotopic (exact) mass is 384 g/mol. The van der Waals surface area contributed by atoms with Crippen LogP contribution in [0.15, 0.2) is 48.5 Å². The first-order valence-corrected chi connectivity index (χ1v) is 8.93. The Labute approximate surface area is 161 Å². The fourth-order valence-electron chi connectivity index (χ4n) is 3.36. The number of rotatable bonds is 6. The molecule has 2 atom stereocenters. The van der Waals surface area contributed by atoms with Gasteiger partial charge in [0, 0.05) is 36.8 Å². The Bertz CT molecular complexity index is 851. The topological polar surface area (TPSA) is 119 Å². The molecule has 0 spiro atoms. The molecule has 1 aliphatic rings. The van der Waals surface area contributed by atoms with Gasteiger partial charge in [-0.1, -0.05) is 30.3 Å². The summed E-state index contributed by atoms with van der Waals surface area (Å²) in [5.74, 6) is -1.83.